The van der Waals surface area contributed by atoms with Gasteiger partial charge in [-0.1, -0.05) is 36.4 Å². The minimum absolute atomic E-state index is 0.0120. The van der Waals surface area contributed by atoms with Crippen LogP contribution in [0.2, 0.25) is 0 Å². The first-order chi connectivity index (χ1) is 12.6. The highest BCUT2D eigenvalue weighted by Gasteiger charge is 2.27. The van der Waals surface area contributed by atoms with E-state index in [1.54, 1.807) is 18.0 Å². The van der Waals surface area contributed by atoms with Crippen molar-refractivity contribution < 1.29 is 4.79 Å². The number of amides is 1. The van der Waals surface area contributed by atoms with Crippen molar-refractivity contribution in [1.82, 2.24) is 14.9 Å². The molecule has 2 aromatic carbocycles. The number of H-pyrrole nitrogens is 1. The van der Waals surface area contributed by atoms with Gasteiger partial charge in [-0.3, -0.25) is 9.59 Å². The van der Waals surface area contributed by atoms with Crippen LogP contribution in [0.25, 0.3) is 10.9 Å². The lowest BCUT2D eigenvalue weighted by Crippen LogP contribution is -2.36. The third-order valence-electron chi connectivity index (χ3n) is 5.12. The van der Waals surface area contributed by atoms with Gasteiger partial charge in [0.2, 0.25) is 5.91 Å². The predicted octanol–water partition coefficient (Wildman–Crippen LogP) is 2.69. The molecule has 1 amide bonds. The molecule has 1 aliphatic rings. The Balaban J connectivity index is 1.51. The summed E-state index contributed by atoms with van der Waals surface area (Å²) in [5.74, 6) is 0.609. The number of fused-ring (bicyclic) bond motifs is 2. The largest absolute Gasteiger partial charge is 0.338 e. The third kappa shape index (κ3) is 3.12. The van der Waals surface area contributed by atoms with Crippen LogP contribution in [0.1, 0.15) is 23.4 Å². The van der Waals surface area contributed by atoms with Gasteiger partial charge in [-0.25, -0.2) is 4.98 Å². The lowest BCUT2D eigenvalue weighted by molar-refractivity contribution is -0.135. The van der Waals surface area contributed by atoms with Gasteiger partial charge >= 0.3 is 0 Å². The van der Waals surface area contributed by atoms with Gasteiger partial charge in [-0.2, -0.15) is 0 Å². The average molecular weight is 347 g/mol. The van der Waals surface area contributed by atoms with Gasteiger partial charge in [0.25, 0.3) is 5.56 Å². The monoisotopic (exact) mass is 347 g/mol. The molecule has 0 unspecified atom stereocenters. The fraction of sp³-hybridized carbons (Fsp3) is 0.286. The maximum Gasteiger partial charge on any atom is 0.258 e. The standard InChI is InChI=1S/C21H21N3O2/c1-24(13-19-22-18-9-5-4-8-17(18)20(25)23-19)21(26)16-11-10-14-6-2-3-7-15(14)12-16/h2-9,16H,10-13H2,1H3,(H,22,23,25)/t16-/m1/s1. The van der Waals surface area contributed by atoms with Gasteiger partial charge < -0.3 is 9.88 Å². The first kappa shape index (κ1) is 16.5. The Morgan fingerprint density at radius 3 is 2.73 bits per heavy atom. The van der Waals surface area contributed by atoms with Gasteiger partial charge in [0.1, 0.15) is 5.82 Å². The minimum atomic E-state index is -0.168. The molecule has 1 heterocycles. The van der Waals surface area contributed by atoms with E-state index >= 15 is 0 Å². The summed E-state index contributed by atoms with van der Waals surface area (Å²) in [5, 5.41) is 0.564. The SMILES string of the molecule is CN(Cc1nc2ccccc2c(=O)[nH]1)C(=O)[C@@H]1CCc2ccccc2C1. The van der Waals surface area contributed by atoms with Crippen LogP contribution in [0, 0.1) is 5.92 Å². The molecule has 1 N–H and O–H groups in total. The van der Waals surface area contributed by atoms with Crippen LogP contribution < -0.4 is 5.56 Å². The minimum Gasteiger partial charge on any atom is -0.338 e. The van der Waals surface area contributed by atoms with E-state index in [2.05, 4.69) is 28.2 Å². The molecule has 0 aliphatic heterocycles. The number of benzene rings is 2. The smallest absolute Gasteiger partial charge is 0.258 e. The van der Waals surface area contributed by atoms with Gasteiger partial charge in [-0.05, 0) is 42.5 Å². The average Bonchev–Trinajstić information content (AvgIpc) is 2.67. The Kier molecular flexibility index (Phi) is 4.29. The molecule has 5 nitrogen and oxygen atoms in total. The first-order valence-corrected chi connectivity index (χ1v) is 8.91. The number of para-hydroxylation sites is 1. The highest BCUT2D eigenvalue weighted by atomic mass is 16.2. The Bertz CT molecular complexity index is 1020. The number of carbonyl (C=O) groups is 1. The van der Waals surface area contributed by atoms with Crippen molar-refractivity contribution in [3.63, 3.8) is 0 Å². The number of nitrogens with one attached hydrogen (secondary N) is 1. The Labute approximate surface area is 151 Å². The highest BCUT2D eigenvalue weighted by molar-refractivity contribution is 5.79. The number of aromatic nitrogens is 2. The quantitative estimate of drug-likeness (QED) is 0.792. The van der Waals surface area contributed by atoms with E-state index in [1.165, 1.54) is 11.1 Å². The lowest BCUT2D eigenvalue weighted by atomic mass is 9.83. The van der Waals surface area contributed by atoms with Crippen molar-refractivity contribution in [3.05, 3.63) is 75.8 Å². The van der Waals surface area contributed by atoms with E-state index in [-0.39, 0.29) is 17.4 Å². The van der Waals surface area contributed by atoms with Crippen molar-refractivity contribution in [2.75, 3.05) is 7.05 Å². The molecular formula is C21H21N3O2. The van der Waals surface area contributed by atoms with Crippen molar-refractivity contribution >= 4 is 16.8 Å². The second kappa shape index (κ2) is 6.75. The zero-order chi connectivity index (χ0) is 18.1. The Morgan fingerprint density at radius 1 is 1.15 bits per heavy atom. The zero-order valence-corrected chi connectivity index (χ0v) is 14.7. The van der Waals surface area contributed by atoms with E-state index in [9.17, 15) is 9.59 Å². The van der Waals surface area contributed by atoms with Crippen LogP contribution in [0.4, 0.5) is 0 Å². The molecule has 1 aliphatic carbocycles. The fourth-order valence-corrected chi connectivity index (χ4v) is 3.73. The van der Waals surface area contributed by atoms with Gasteiger partial charge in [0.05, 0.1) is 17.4 Å². The van der Waals surface area contributed by atoms with E-state index in [1.807, 2.05) is 24.3 Å². The number of nitrogens with zero attached hydrogens (tertiary/aromatic N) is 2. The van der Waals surface area contributed by atoms with Crippen molar-refractivity contribution in [2.45, 2.75) is 25.8 Å². The molecule has 0 saturated heterocycles. The van der Waals surface area contributed by atoms with Crippen molar-refractivity contribution in [1.29, 1.82) is 0 Å². The summed E-state index contributed by atoms with van der Waals surface area (Å²) in [6, 6.07) is 15.6. The van der Waals surface area contributed by atoms with Crippen molar-refractivity contribution in [3.8, 4) is 0 Å². The maximum atomic E-state index is 12.9. The summed E-state index contributed by atoms with van der Waals surface area (Å²) >= 11 is 0. The molecule has 0 radical (unpaired) electrons. The maximum absolute atomic E-state index is 12.9. The van der Waals surface area contributed by atoms with Gasteiger partial charge in [0, 0.05) is 13.0 Å². The van der Waals surface area contributed by atoms with E-state index < -0.39 is 0 Å². The lowest BCUT2D eigenvalue weighted by Gasteiger charge is -2.27. The molecule has 0 fully saturated rings. The molecule has 26 heavy (non-hydrogen) atoms. The normalized spacial score (nSPS) is 16.3. The summed E-state index contributed by atoms with van der Waals surface area (Å²) in [5.41, 5.74) is 3.10. The van der Waals surface area contributed by atoms with E-state index in [0.29, 0.717) is 23.3 Å². The van der Waals surface area contributed by atoms with Crippen molar-refractivity contribution in [2.24, 2.45) is 5.92 Å². The highest BCUT2D eigenvalue weighted by Crippen LogP contribution is 2.26. The van der Waals surface area contributed by atoms with Crippen LogP contribution in [0.15, 0.2) is 53.3 Å². The molecule has 1 atom stereocenters. The summed E-state index contributed by atoms with van der Waals surface area (Å²) in [7, 11) is 1.78. The number of hydrogen-bond acceptors (Lipinski definition) is 3. The van der Waals surface area contributed by atoms with E-state index in [4.69, 9.17) is 0 Å². The van der Waals surface area contributed by atoms with Crippen LogP contribution in [0.3, 0.4) is 0 Å². The second-order valence-corrected chi connectivity index (χ2v) is 6.93. The second-order valence-electron chi connectivity index (χ2n) is 6.93. The Morgan fingerprint density at radius 2 is 1.88 bits per heavy atom. The number of aromatic amines is 1. The zero-order valence-electron chi connectivity index (χ0n) is 14.7. The van der Waals surface area contributed by atoms with Gasteiger partial charge in [0.15, 0.2) is 0 Å². The molecule has 1 aromatic heterocycles. The van der Waals surface area contributed by atoms with Crippen LogP contribution in [0.5, 0.6) is 0 Å². The summed E-state index contributed by atoms with van der Waals surface area (Å²) in [4.78, 5) is 34.0. The molecule has 3 aromatic rings. The number of aryl methyl sites for hydroxylation is 1. The fourth-order valence-electron chi connectivity index (χ4n) is 3.73. The number of hydrogen-bond donors (Lipinski definition) is 1. The van der Waals surface area contributed by atoms with Gasteiger partial charge in [-0.15, -0.1) is 0 Å². The molecule has 5 heteroatoms. The molecule has 0 saturated carbocycles. The topological polar surface area (TPSA) is 66.1 Å². The number of rotatable bonds is 3. The number of carbonyl (C=O) groups excluding carboxylic acids is 1. The predicted molar refractivity (Wildman–Crippen MR) is 101 cm³/mol. The molecule has 132 valence electrons. The van der Waals surface area contributed by atoms with Crippen LogP contribution in [-0.4, -0.2) is 27.8 Å². The summed E-state index contributed by atoms with van der Waals surface area (Å²) in [6.45, 7) is 0.303. The molecule has 0 bridgehead atoms. The molecular weight excluding hydrogens is 326 g/mol. The molecule has 0 spiro atoms. The first-order valence-electron chi connectivity index (χ1n) is 8.91. The summed E-state index contributed by atoms with van der Waals surface area (Å²) < 4.78 is 0. The Hall–Kier alpha value is -2.95. The molecule has 4 rings (SSSR count). The van der Waals surface area contributed by atoms with E-state index in [0.717, 1.165) is 19.3 Å². The van der Waals surface area contributed by atoms with Crippen LogP contribution >= 0.6 is 0 Å². The third-order valence-corrected chi connectivity index (χ3v) is 5.12. The summed E-state index contributed by atoms with van der Waals surface area (Å²) in [6.07, 6.45) is 2.58. The van der Waals surface area contributed by atoms with Crippen LogP contribution in [-0.2, 0) is 24.2 Å².